The second-order valence-corrected chi connectivity index (χ2v) is 6.97. The van der Waals surface area contributed by atoms with E-state index in [0.717, 1.165) is 34.2 Å². The maximum atomic E-state index is 13.5. The van der Waals surface area contributed by atoms with E-state index in [2.05, 4.69) is 16.4 Å². The Kier molecular flexibility index (Phi) is 5.73. The Morgan fingerprint density at radius 3 is 2.52 bits per heavy atom. The van der Waals surface area contributed by atoms with Gasteiger partial charge in [-0.2, -0.15) is 0 Å². The quantitative estimate of drug-likeness (QED) is 0.423. The number of benzene rings is 3. The predicted octanol–water partition coefficient (Wildman–Crippen LogP) is 4.93. The van der Waals surface area contributed by atoms with Crippen molar-refractivity contribution in [3.63, 3.8) is 0 Å². The molecule has 4 rings (SSSR count). The minimum Gasteiger partial charge on any atom is -0.496 e. The number of aromatic nitrogens is 1. The van der Waals surface area contributed by atoms with E-state index in [1.165, 1.54) is 0 Å². The fraction of sp³-hybridized carbons (Fsp3) is 0.160. The Labute approximate surface area is 170 Å². The van der Waals surface area contributed by atoms with Gasteiger partial charge in [-0.3, -0.25) is 4.79 Å². The van der Waals surface area contributed by atoms with E-state index < -0.39 is 6.04 Å². The first kappa shape index (κ1) is 19.0. The van der Waals surface area contributed by atoms with Crippen molar-refractivity contribution in [3.05, 3.63) is 102 Å². The number of H-pyrrole nitrogens is 1. The highest BCUT2D eigenvalue weighted by Crippen LogP contribution is 2.25. The van der Waals surface area contributed by atoms with Crippen LogP contribution in [-0.2, 0) is 6.42 Å². The van der Waals surface area contributed by atoms with E-state index in [-0.39, 0.29) is 5.78 Å². The minimum atomic E-state index is -0.412. The molecule has 0 aliphatic heterocycles. The standard InChI is InChI=1S/C25H24N2O2/c1-29-23-14-8-5-9-18(23)15-16-26-24(19-10-3-2-4-11-19)25(28)21-17-27-22-13-7-6-12-20(21)22/h2-14,17,24,26-27H,15-16H2,1H3/t24-/m1/s1. The molecule has 0 saturated heterocycles. The van der Waals surface area contributed by atoms with Gasteiger partial charge in [0.05, 0.1) is 13.2 Å². The Morgan fingerprint density at radius 2 is 1.69 bits per heavy atom. The number of aromatic amines is 1. The number of para-hydroxylation sites is 2. The maximum Gasteiger partial charge on any atom is 0.186 e. The molecule has 0 bridgehead atoms. The van der Waals surface area contributed by atoms with Crippen molar-refractivity contribution in [2.75, 3.05) is 13.7 Å². The van der Waals surface area contributed by atoms with E-state index >= 15 is 0 Å². The zero-order valence-electron chi connectivity index (χ0n) is 16.4. The summed E-state index contributed by atoms with van der Waals surface area (Å²) in [5.41, 5.74) is 3.76. The number of nitrogens with one attached hydrogen (secondary N) is 2. The summed E-state index contributed by atoms with van der Waals surface area (Å²) in [7, 11) is 1.68. The van der Waals surface area contributed by atoms with Gasteiger partial charge in [0, 0.05) is 29.2 Å². The lowest BCUT2D eigenvalue weighted by atomic mass is 9.96. The normalized spacial score (nSPS) is 12.0. The Balaban J connectivity index is 1.58. The van der Waals surface area contributed by atoms with Crippen LogP contribution < -0.4 is 10.1 Å². The average molecular weight is 384 g/mol. The highest BCUT2D eigenvalue weighted by molar-refractivity contribution is 6.10. The second kappa shape index (κ2) is 8.76. The SMILES string of the molecule is COc1ccccc1CCN[C@@H](C(=O)c1c[nH]c2ccccc12)c1ccccc1. The van der Waals surface area contributed by atoms with Crippen molar-refractivity contribution in [1.82, 2.24) is 10.3 Å². The molecule has 0 unspecified atom stereocenters. The van der Waals surface area contributed by atoms with Gasteiger partial charge in [0.1, 0.15) is 5.75 Å². The van der Waals surface area contributed by atoms with E-state index in [9.17, 15) is 4.79 Å². The van der Waals surface area contributed by atoms with Crippen LogP contribution in [0.1, 0.15) is 27.5 Å². The van der Waals surface area contributed by atoms with Crippen LogP contribution in [0.25, 0.3) is 10.9 Å². The summed E-state index contributed by atoms with van der Waals surface area (Å²) in [5.74, 6) is 0.933. The second-order valence-electron chi connectivity index (χ2n) is 6.97. The van der Waals surface area contributed by atoms with Gasteiger partial charge >= 0.3 is 0 Å². The Morgan fingerprint density at radius 1 is 0.966 bits per heavy atom. The van der Waals surface area contributed by atoms with E-state index in [1.54, 1.807) is 7.11 Å². The third kappa shape index (κ3) is 4.08. The summed E-state index contributed by atoms with van der Waals surface area (Å²) in [5, 5.41) is 4.42. The molecular weight excluding hydrogens is 360 g/mol. The fourth-order valence-electron chi connectivity index (χ4n) is 3.70. The molecule has 0 aliphatic rings. The molecule has 1 heterocycles. The van der Waals surface area contributed by atoms with Crippen LogP contribution in [0.5, 0.6) is 5.75 Å². The number of fused-ring (bicyclic) bond motifs is 1. The molecule has 1 aromatic heterocycles. The Bertz CT molecular complexity index is 1100. The van der Waals surface area contributed by atoms with Crippen LogP contribution >= 0.6 is 0 Å². The first-order chi connectivity index (χ1) is 14.3. The average Bonchev–Trinajstić information content (AvgIpc) is 3.21. The molecule has 0 saturated carbocycles. The molecule has 0 radical (unpaired) electrons. The van der Waals surface area contributed by atoms with Gasteiger partial charge in [0.25, 0.3) is 0 Å². The molecule has 4 aromatic rings. The molecule has 0 spiro atoms. The van der Waals surface area contributed by atoms with Gasteiger partial charge < -0.3 is 15.0 Å². The highest BCUT2D eigenvalue weighted by atomic mass is 16.5. The van der Waals surface area contributed by atoms with Crippen molar-refractivity contribution in [2.45, 2.75) is 12.5 Å². The number of Topliss-reactive ketones (excluding diaryl/α,β-unsaturated/α-hetero) is 1. The van der Waals surface area contributed by atoms with Gasteiger partial charge in [-0.05, 0) is 29.7 Å². The third-order valence-corrected chi connectivity index (χ3v) is 5.19. The first-order valence-electron chi connectivity index (χ1n) is 9.78. The van der Waals surface area contributed by atoms with Gasteiger partial charge in [-0.15, -0.1) is 0 Å². The van der Waals surface area contributed by atoms with Gasteiger partial charge in [0.15, 0.2) is 5.78 Å². The topological polar surface area (TPSA) is 54.1 Å². The number of rotatable bonds is 8. The number of ketones is 1. The highest BCUT2D eigenvalue weighted by Gasteiger charge is 2.23. The number of ether oxygens (including phenoxy) is 1. The molecular formula is C25H24N2O2. The van der Waals surface area contributed by atoms with E-state index in [4.69, 9.17) is 4.74 Å². The molecule has 146 valence electrons. The summed E-state index contributed by atoms with van der Waals surface area (Å²) in [4.78, 5) is 16.7. The van der Waals surface area contributed by atoms with Crippen LogP contribution in [0.3, 0.4) is 0 Å². The number of hydrogen-bond acceptors (Lipinski definition) is 3. The molecule has 3 aromatic carbocycles. The van der Waals surface area contributed by atoms with Crippen LogP contribution in [-0.4, -0.2) is 24.4 Å². The molecule has 0 fully saturated rings. The lowest BCUT2D eigenvalue weighted by Crippen LogP contribution is -2.30. The van der Waals surface area contributed by atoms with E-state index in [0.29, 0.717) is 12.1 Å². The molecule has 29 heavy (non-hydrogen) atoms. The Hall–Kier alpha value is -3.37. The lowest BCUT2D eigenvalue weighted by molar-refractivity contribution is 0.0945. The van der Waals surface area contributed by atoms with Gasteiger partial charge in [-0.1, -0.05) is 66.7 Å². The predicted molar refractivity (Wildman–Crippen MR) is 117 cm³/mol. The summed E-state index contributed by atoms with van der Waals surface area (Å²) in [6, 6.07) is 25.3. The van der Waals surface area contributed by atoms with Crippen LogP contribution in [0, 0.1) is 0 Å². The number of hydrogen-bond donors (Lipinski definition) is 2. The van der Waals surface area contributed by atoms with Crippen molar-refractivity contribution in [3.8, 4) is 5.75 Å². The third-order valence-electron chi connectivity index (χ3n) is 5.19. The van der Waals surface area contributed by atoms with Gasteiger partial charge in [0.2, 0.25) is 0 Å². The number of methoxy groups -OCH3 is 1. The zero-order valence-corrected chi connectivity index (χ0v) is 16.4. The molecule has 0 aliphatic carbocycles. The number of carbonyl (C=O) groups is 1. The molecule has 1 atom stereocenters. The van der Waals surface area contributed by atoms with Gasteiger partial charge in [-0.25, -0.2) is 0 Å². The van der Waals surface area contributed by atoms with Crippen LogP contribution in [0.4, 0.5) is 0 Å². The van der Waals surface area contributed by atoms with E-state index in [1.807, 2.05) is 79.0 Å². The summed E-state index contributed by atoms with van der Waals surface area (Å²) >= 11 is 0. The van der Waals surface area contributed by atoms with Crippen LogP contribution in [0.2, 0.25) is 0 Å². The smallest absolute Gasteiger partial charge is 0.186 e. The fourth-order valence-corrected chi connectivity index (χ4v) is 3.70. The molecule has 4 nitrogen and oxygen atoms in total. The molecule has 4 heteroatoms. The lowest BCUT2D eigenvalue weighted by Gasteiger charge is -2.18. The monoisotopic (exact) mass is 384 g/mol. The first-order valence-corrected chi connectivity index (χ1v) is 9.78. The largest absolute Gasteiger partial charge is 0.496 e. The zero-order chi connectivity index (χ0) is 20.1. The molecule has 0 amide bonds. The maximum absolute atomic E-state index is 13.5. The summed E-state index contributed by atoms with van der Waals surface area (Å²) in [6.45, 7) is 0.661. The van der Waals surface area contributed by atoms with Crippen molar-refractivity contribution < 1.29 is 9.53 Å². The molecule has 2 N–H and O–H groups in total. The van der Waals surface area contributed by atoms with Crippen molar-refractivity contribution in [1.29, 1.82) is 0 Å². The summed E-state index contributed by atoms with van der Waals surface area (Å²) in [6.07, 6.45) is 2.58. The summed E-state index contributed by atoms with van der Waals surface area (Å²) < 4.78 is 5.44. The van der Waals surface area contributed by atoms with Crippen LogP contribution in [0.15, 0.2) is 85.1 Å². The minimum absolute atomic E-state index is 0.0636. The van der Waals surface area contributed by atoms with Crippen molar-refractivity contribution >= 4 is 16.7 Å². The van der Waals surface area contributed by atoms with Crippen molar-refractivity contribution in [2.24, 2.45) is 0 Å². The number of carbonyl (C=O) groups excluding carboxylic acids is 1.